The summed E-state index contributed by atoms with van der Waals surface area (Å²) in [4.78, 5) is 24.5. The quantitative estimate of drug-likeness (QED) is 0.745. The van der Waals surface area contributed by atoms with Crippen molar-refractivity contribution in [3.05, 3.63) is 53.1 Å². The van der Waals surface area contributed by atoms with Crippen LogP contribution in [0.15, 0.2) is 41.3 Å². The number of amides is 2. The fourth-order valence-electron chi connectivity index (χ4n) is 4.27. The van der Waals surface area contributed by atoms with E-state index in [1.165, 1.54) is 18.7 Å². The third-order valence-electron chi connectivity index (χ3n) is 5.95. The molecule has 1 heterocycles. The molecule has 0 saturated carbocycles. The molecule has 0 saturated heterocycles. The van der Waals surface area contributed by atoms with Gasteiger partial charge in [0.1, 0.15) is 0 Å². The number of hydrogen-bond acceptors (Lipinski definition) is 4. The first kappa shape index (κ1) is 21.5. The lowest BCUT2D eigenvalue weighted by Gasteiger charge is -2.21. The van der Waals surface area contributed by atoms with Crippen LogP contribution in [-0.2, 0) is 38.9 Å². The topological polar surface area (TPSA) is 95.6 Å². The number of hydrogen-bond donors (Lipinski definition) is 2. The Bertz CT molecular complexity index is 1130. The van der Waals surface area contributed by atoms with Gasteiger partial charge in [-0.05, 0) is 79.5 Å². The van der Waals surface area contributed by atoms with Crippen LogP contribution in [0.25, 0.3) is 0 Å². The Morgan fingerprint density at radius 2 is 1.81 bits per heavy atom. The highest BCUT2D eigenvalue weighted by Crippen LogP contribution is 2.28. The summed E-state index contributed by atoms with van der Waals surface area (Å²) in [7, 11) is -2.44. The van der Waals surface area contributed by atoms with Crippen LogP contribution in [0.2, 0.25) is 0 Å². The van der Waals surface area contributed by atoms with Gasteiger partial charge in [0.2, 0.25) is 21.8 Å². The maximum Gasteiger partial charge on any atom is 0.243 e. The second-order valence-electron chi connectivity index (χ2n) is 8.18. The van der Waals surface area contributed by atoms with Crippen molar-refractivity contribution in [1.82, 2.24) is 4.31 Å². The molecule has 1 aliphatic carbocycles. The smallest absolute Gasteiger partial charge is 0.243 e. The largest absolute Gasteiger partial charge is 0.326 e. The van der Waals surface area contributed by atoms with Crippen LogP contribution in [0.3, 0.4) is 0 Å². The van der Waals surface area contributed by atoms with Crippen molar-refractivity contribution in [2.24, 2.45) is 0 Å². The maximum absolute atomic E-state index is 13.0. The summed E-state index contributed by atoms with van der Waals surface area (Å²) in [6, 6.07) is 10.6. The first-order chi connectivity index (χ1) is 14.8. The second kappa shape index (κ2) is 8.80. The maximum atomic E-state index is 13.0. The van der Waals surface area contributed by atoms with Crippen LogP contribution in [0.4, 0.5) is 11.4 Å². The average Bonchev–Trinajstić information content (AvgIpc) is 2.93. The third kappa shape index (κ3) is 4.65. The normalized spacial score (nSPS) is 16.1. The standard InChI is InChI=1S/C23H27N3O4S/c1-26(15-23(28)25-21-10-4-7-16-6-2-3-9-19(16)21)31(29,30)18-12-13-20-17(14-18)8-5-11-22(27)24-20/h4,7,10,12-14H,2-3,5-6,8-9,11,15H2,1H3,(H,24,27)(H,25,28). The van der Waals surface area contributed by atoms with Gasteiger partial charge in [-0.3, -0.25) is 9.59 Å². The number of benzene rings is 2. The molecular formula is C23H27N3O4S. The van der Waals surface area contributed by atoms with Crippen LogP contribution in [0.5, 0.6) is 0 Å². The molecule has 0 radical (unpaired) electrons. The molecule has 2 aromatic carbocycles. The summed E-state index contributed by atoms with van der Waals surface area (Å²) >= 11 is 0. The van der Waals surface area contributed by atoms with Gasteiger partial charge in [0.15, 0.2) is 0 Å². The molecule has 4 rings (SSSR count). The number of aryl methyl sites for hydroxylation is 2. The van der Waals surface area contributed by atoms with Gasteiger partial charge in [0.25, 0.3) is 0 Å². The van der Waals surface area contributed by atoms with E-state index in [0.717, 1.165) is 46.8 Å². The van der Waals surface area contributed by atoms with E-state index >= 15 is 0 Å². The zero-order chi connectivity index (χ0) is 22.0. The predicted octanol–water partition coefficient (Wildman–Crippen LogP) is 3.10. The van der Waals surface area contributed by atoms with Crippen molar-refractivity contribution in [3.8, 4) is 0 Å². The van der Waals surface area contributed by atoms with Gasteiger partial charge in [0, 0.05) is 24.8 Å². The van der Waals surface area contributed by atoms with Gasteiger partial charge < -0.3 is 10.6 Å². The number of nitrogens with zero attached hydrogens (tertiary/aromatic N) is 1. The number of rotatable bonds is 5. The van der Waals surface area contributed by atoms with Gasteiger partial charge >= 0.3 is 0 Å². The van der Waals surface area contributed by atoms with Crippen molar-refractivity contribution < 1.29 is 18.0 Å². The van der Waals surface area contributed by atoms with Gasteiger partial charge in [0.05, 0.1) is 11.4 Å². The van der Waals surface area contributed by atoms with Crippen molar-refractivity contribution in [2.45, 2.75) is 49.8 Å². The van der Waals surface area contributed by atoms with E-state index in [9.17, 15) is 18.0 Å². The fraction of sp³-hybridized carbons (Fsp3) is 0.391. The molecule has 2 aromatic rings. The van der Waals surface area contributed by atoms with E-state index in [-0.39, 0.29) is 23.3 Å². The molecule has 2 amide bonds. The molecule has 2 aliphatic rings. The highest BCUT2D eigenvalue weighted by molar-refractivity contribution is 7.89. The van der Waals surface area contributed by atoms with Crippen LogP contribution >= 0.6 is 0 Å². The average molecular weight is 442 g/mol. The Labute approximate surface area is 182 Å². The number of anilines is 2. The molecule has 8 heteroatoms. The summed E-state index contributed by atoms with van der Waals surface area (Å²) in [5, 5.41) is 5.70. The van der Waals surface area contributed by atoms with E-state index in [2.05, 4.69) is 16.7 Å². The Hall–Kier alpha value is -2.71. The van der Waals surface area contributed by atoms with Gasteiger partial charge in [-0.2, -0.15) is 4.31 Å². The van der Waals surface area contributed by atoms with Crippen LogP contribution in [-0.4, -0.2) is 38.1 Å². The molecule has 0 aromatic heterocycles. The fourth-order valence-corrected chi connectivity index (χ4v) is 5.45. The molecule has 7 nitrogen and oxygen atoms in total. The molecule has 0 spiro atoms. The van der Waals surface area contributed by atoms with E-state index in [0.29, 0.717) is 24.9 Å². The molecule has 164 valence electrons. The number of likely N-dealkylation sites (N-methyl/N-ethyl adjacent to an activating group) is 1. The molecule has 0 fully saturated rings. The molecule has 0 atom stereocenters. The summed E-state index contributed by atoms with van der Waals surface area (Å²) < 4.78 is 27.2. The van der Waals surface area contributed by atoms with E-state index in [4.69, 9.17) is 0 Å². The van der Waals surface area contributed by atoms with E-state index in [1.807, 2.05) is 12.1 Å². The summed E-state index contributed by atoms with van der Waals surface area (Å²) in [6.45, 7) is -0.278. The minimum atomic E-state index is -3.84. The van der Waals surface area contributed by atoms with Gasteiger partial charge in [-0.1, -0.05) is 12.1 Å². The molecular weight excluding hydrogens is 414 g/mol. The van der Waals surface area contributed by atoms with Gasteiger partial charge in [-0.15, -0.1) is 0 Å². The molecule has 0 unspecified atom stereocenters. The highest BCUT2D eigenvalue weighted by Gasteiger charge is 2.25. The lowest BCUT2D eigenvalue weighted by molar-refractivity contribution is -0.117. The van der Waals surface area contributed by atoms with E-state index < -0.39 is 10.0 Å². The number of carbonyl (C=O) groups excluding carboxylic acids is 2. The van der Waals surface area contributed by atoms with Crippen LogP contribution in [0, 0.1) is 0 Å². The minimum absolute atomic E-state index is 0.0637. The van der Waals surface area contributed by atoms with Crippen molar-refractivity contribution in [3.63, 3.8) is 0 Å². The monoisotopic (exact) mass is 441 g/mol. The molecule has 2 N–H and O–H groups in total. The lowest BCUT2D eigenvalue weighted by Crippen LogP contribution is -2.35. The van der Waals surface area contributed by atoms with Gasteiger partial charge in [-0.25, -0.2) is 8.42 Å². The second-order valence-corrected chi connectivity index (χ2v) is 10.2. The number of carbonyl (C=O) groups is 2. The molecule has 31 heavy (non-hydrogen) atoms. The Balaban J connectivity index is 1.48. The SMILES string of the molecule is CN(CC(=O)Nc1cccc2c1CCCC2)S(=O)(=O)c1ccc2c(c1)CCCC(=O)N2. The Kier molecular flexibility index (Phi) is 6.11. The van der Waals surface area contributed by atoms with Crippen LogP contribution < -0.4 is 10.6 Å². The van der Waals surface area contributed by atoms with Crippen molar-refractivity contribution in [1.29, 1.82) is 0 Å². The van der Waals surface area contributed by atoms with Crippen molar-refractivity contribution >= 4 is 33.2 Å². The number of fused-ring (bicyclic) bond motifs is 2. The molecule has 1 aliphatic heterocycles. The lowest BCUT2D eigenvalue weighted by atomic mass is 9.90. The molecule has 0 bridgehead atoms. The summed E-state index contributed by atoms with van der Waals surface area (Å²) in [5.74, 6) is -0.432. The summed E-state index contributed by atoms with van der Waals surface area (Å²) in [6.07, 6.45) is 5.88. The summed E-state index contributed by atoms with van der Waals surface area (Å²) in [5.41, 5.74) is 4.62. The minimum Gasteiger partial charge on any atom is -0.326 e. The number of sulfonamides is 1. The zero-order valence-corrected chi connectivity index (χ0v) is 18.4. The van der Waals surface area contributed by atoms with Crippen molar-refractivity contribution in [2.75, 3.05) is 24.2 Å². The number of nitrogens with one attached hydrogen (secondary N) is 2. The predicted molar refractivity (Wildman–Crippen MR) is 120 cm³/mol. The first-order valence-electron chi connectivity index (χ1n) is 10.6. The Morgan fingerprint density at radius 3 is 2.65 bits per heavy atom. The highest BCUT2D eigenvalue weighted by atomic mass is 32.2. The first-order valence-corrected chi connectivity index (χ1v) is 12.1. The van der Waals surface area contributed by atoms with E-state index in [1.54, 1.807) is 12.1 Å². The van der Waals surface area contributed by atoms with Crippen LogP contribution in [0.1, 0.15) is 42.4 Å². The zero-order valence-electron chi connectivity index (χ0n) is 17.6. The Morgan fingerprint density at radius 1 is 1.03 bits per heavy atom. The third-order valence-corrected chi connectivity index (χ3v) is 7.74.